The van der Waals surface area contributed by atoms with Gasteiger partial charge in [-0.3, -0.25) is 4.90 Å². The lowest BCUT2D eigenvalue weighted by Gasteiger charge is -2.24. The van der Waals surface area contributed by atoms with E-state index in [4.69, 9.17) is 0 Å². The van der Waals surface area contributed by atoms with E-state index in [-0.39, 0.29) is 0 Å². The molecule has 0 amide bonds. The maximum atomic E-state index is 3.44. The smallest absolute Gasteiger partial charge is 0.0236 e. The highest BCUT2D eigenvalue weighted by Gasteiger charge is 2.19. The molecule has 2 heteroatoms. The van der Waals surface area contributed by atoms with Gasteiger partial charge >= 0.3 is 0 Å². The Kier molecular flexibility index (Phi) is 4.41. The SMILES string of the molecule is Cc1ccc(C(C)C)cc1CN(C)C1CCNC1. The summed E-state index contributed by atoms with van der Waals surface area (Å²) in [6.07, 6.45) is 1.28. The van der Waals surface area contributed by atoms with Gasteiger partial charge in [0.25, 0.3) is 0 Å². The van der Waals surface area contributed by atoms with E-state index in [9.17, 15) is 0 Å². The quantitative estimate of drug-likeness (QED) is 0.879. The summed E-state index contributed by atoms with van der Waals surface area (Å²) < 4.78 is 0. The second kappa shape index (κ2) is 5.85. The van der Waals surface area contributed by atoms with E-state index < -0.39 is 0 Å². The van der Waals surface area contributed by atoms with Crippen molar-refractivity contribution in [3.05, 3.63) is 34.9 Å². The zero-order chi connectivity index (χ0) is 13.1. The zero-order valence-corrected chi connectivity index (χ0v) is 12.2. The number of likely N-dealkylation sites (N-methyl/N-ethyl adjacent to an activating group) is 1. The average Bonchev–Trinajstić information content (AvgIpc) is 2.85. The molecule has 1 unspecified atom stereocenters. The molecule has 0 radical (unpaired) electrons. The second-order valence-electron chi connectivity index (χ2n) is 5.90. The van der Waals surface area contributed by atoms with Crippen molar-refractivity contribution >= 4 is 0 Å². The first-order valence-electron chi connectivity index (χ1n) is 7.08. The molecular weight excluding hydrogens is 220 g/mol. The van der Waals surface area contributed by atoms with E-state index in [0.29, 0.717) is 12.0 Å². The van der Waals surface area contributed by atoms with Crippen LogP contribution in [0.2, 0.25) is 0 Å². The Morgan fingerprint density at radius 3 is 2.78 bits per heavy atom. The Bertz CT molecular complexity index is 392. The van der Waals surface area contributed by atoms with Crippen LogP contribution in [0.4, 0.5) is 0 Å². The van der Waals surface area contributed by atoms with E-state index in [1.54, 1.807) is 0 Å². The van der Waals surface area contributed by atoms with Crippen molar-refractivity contribution in [2.45, 2.75) is 45.7 Å². The van der Waals surface area contributed by atoms with Gasteiger partial charge in [-0.2, -0.15) is 0 Å². The van der Waals surface area contributed by atoms with Gasteiger partial charge in [0.15, 0.2) is 0 Å². The van der Waals surface area contributed by atoms with Crippen LogP contribution in [0.15, 0.2) is 18.2 Å². The van der Waals surface area contributed by atoms with Crippen molar-refractivity contribution in [3.63, 3.8) is 0 Å². The highest BCUT2D eigenvalue weighted by Crippen LogP contribution is 2.20. The molecule has 1 aromatic carbocycles. The number of nitrogens with zero attached hydrogens (tertiary/aromatic N) is 1. The number of hydrogen-bond acceptors (Lipinski definition) is 2. The number of aryl methyl sites for hydroxylation is 1. The Morgan fingerprint density at radius 2 is 2.17 bits per heavy atom. The largest absolute Gasteiger partial charge is 0.315 e. The Balaban J connectivity index is 2.09. The van der Waals surface area contributed by atoms with E-state index in [0.717, 1.165) is 13.1 Å². The first-order chi connectivity index (χ1) is 8.58. The molecule has 1 fully saturated rings. The standard InChI is InChI=1S/C16H26N2/c1-12(2)14-6-5-13(3)15(9-14)11-18(4)16-7-8-17-10-16/h5-6,9,12,16-17H,7-8,10-11H2,1-4H3. The van der Waals surface area contributed by atoms with Crippen LogP contribution in [-0.2, 0) is 6.54 Å². The Hall–Kier alpha value is -0.860. The van der Waals surface area contributed by atoms with E-state index in [1.807, 2.05) is 0 Å². The van der Waals surface area contributed by atoms with Crippen molar-refractivity contribution < 1.29 is 0 Å². The lowest BCUT2D eigenvalue weighted by molar-refractivity contribution is 0.248. The molecule has 0 bridgehead atoms. The van der Waals surface area contributed by atoms with Crippen molar-refractivity contribution in [2.24, 2.45) is 0 Å². The molecule has 100 valence electrons. The molecule has 1 heterocycles. The van der Waals surface area contributed by atoms with Crippen LogP contribution < -0.4 is 5.32 Å². The van der Waals surface area contributed by atoms with Gasteiger partial charge in [-0.25, -0.2) is 0 Å². The van der Waals surface area contributed by atoms with Crippen LogP contribution in [0.25, 0.3) is 0 Å². The molecule has 0 spiro atoms. The van der Waals surface area contributed by atoms with E-state index in [2.05, 4.69) is 56.2 Å². The predicted molar refractivity (Wildman–Crippen MR) is 78.0 cm³/mol. The fourth-order valence-corrected chi connectivity index (χ4v) is 2.63. The normalized spacial score (nSPS) is 20.0. The molecule has 2 rings (SSSR count). The van der Waals surface area contributed by atoms with Gasteiger partial charge < -0.3 is 5.32 Å². The van der Waals surface area contributed by atoms with E-state index in [1.165, 1.54) is 29.7 Å². The van der Waals surface area contributed by atoms with Gasteiger partial charge in [0.05, 0.1) is 0 Å². The van der Waals surface area contributed by atoms with Gasteiger partial charge in [0.1, 0.15) is 0 Å². The predicted octanol–water partition coefficient (Wildman–Crippen LogP) is 2.91. The molecule has 1 atom stereocenters. The van der Waals surface area contributed by atoms with Crippen molar-refractivity contribution in [1.82, 2.24) is 10.2 Å². The van der Waals surface area contributed by atoms with Gasteiger partial charge in [0.2, 0.25) is 0 Å². The maximum absolute atomic E-state index is 3.44. The van der Waals surface area contributed by atoms with Crippen LogP contribution >= 0.6 is 0 Å². The van der Waals surface area contributed by atoms with Crippen LogP contribution in [-0.4, -0.2) is 31.1 Å². The minimum absolute atomic E-state index is 0.614. The van der Waals surface area contributed by atoms with E-state index >= 15 is 0 Å². The Labute approximate surface area is 111 Å². The van der Waals surface area contributed by atoms with Gasteiger partial charge in [-0.1, -0.05) is 32.0 Å². The molecule has 1 N–H and O–H groups in total. The fourth-order valence-electron chi connectivity index (χ4n) is 2.63. The minimum Gasteiger partial charge on any atom is -0.315 e. The van der Waals surface area contributed by atoms with Crippen LogP contribution in [0.1, 0.15) is 42.9 Å². The molecule has 2 nitrogen and oxygen atoms in total. The van der Waals surface area contributed by atoms with Crippen LogP contribution in [0, 0.1) is 6.92 Å². The van der Waals surface area contributed by atoms with Gasteiger partial charge in [0, 0.05) is 19.1 Å². The molecule has 1 saturated heterocycles. The third kappa shape index (κ3) is 3.12. The summed E-state index contributed by atoms with van der Waals surface area (Å²) in [6.45, 7) is 10.1. The first-order valence-corrected chi connectivity index (χ1v) is 7.08. The molecule has 18 heavy (non-hydrogen) atoms. The van der Waals surface area contributed by atoms with Crippen LogP contribution in [0.5, 0.6) is 0 Å². The molecule has 1 aromatic rings. The summed E-state index contributed by atoms with van der Waals surface area (Å²) in [7, 11) is 2.25. The van der Waals surface area contributed by atoms with Crippen molar-refractivity contribution in [2.75, 3.05) is 20.1 Å². The third-order valence-corrected chi connectivity index (χ3v) is 4.12. The summed E-state index contributed by atoms with van der Waals surface area (Å²) in [5, 5.41) is 3.44. The molecule has 0 aliphatic carbocycles. The summed E-state index contributed by atoms with van der Waals surface area (Å²) in [5.74, 6) is 0.614. The Morgan fingerprint density at radius 1 is 1.39 bits per heavy atom. The average molecular weight is 246 g/mol. The monoisotopic (exact) mass is 246 g/mol. The molecular formula is C16H26N2. The first kappa shape index (κ1) is 13.6. The zero-order valence-electron chi connectivity index (χ0n) is 12.2. The summed E-state index contributed by atoms with van der Waals surface area (Å²) in [5.41, 5.74) is 4.35. The number of benzene rings is 1. The lowest BCUT2D eigenvalue weighted by atomic mass is 9.97. The summed E-state index contributed by atoms with van der Waals surface area (Å²) in [6, 6.07) is 7.62. The molecule has 0 saturated carbocycles. The summed E-state index contributed by atoms with van der Waals surface area (Å²) in [4.78, 5) is 2.49. The van der Waals surface area contributed by atoms with Crippen molar-refractivity contribution in [1.29, 1.82) is 0 Å². The number of nitrogens with one attached hydrogen (secondary N) is 1. The van der Waals surface area contributed by atoms with Crippen LogP contribution in [0.3, 0.4) is 0 Å². The highest BCUT2D eigenvalue weighted by molar-refractivity contribution is 5.32. The second-order valence-corrected chi connectivity index (χ2v) is 5.90. The third-order valence-electron chi connectivity index (χ3n) is 4.12. The number of rotatable bonds is 4. The summed E-state index contributed by atoms with van der Waals surface area (Å²) >= 11 is 0. The van der Waals surface area contributed by atoms with Crippen molar-refractivity contribution in [3.8, 4) is 0 Å². The molecule has 1 aliphatic heterocycles. The van der Waals surface area contributed by atoms with Gasteiger partial charge in [-0.15, -0.1) is 0 Å². The molecule has 0 aromatic heterocycles. The highest BCUT2D eigenvalue weighted by atomic mass is 15.2. The fraction of sp³-hybridized carbons (Fsp3) is 0.625. The van der Waals surface area contributed by atoms with Gasteiger partial charge in [-0.05, 0) is 49.5 Å². The minimum atomic E-state index is 0.614. The lowest BCUT2D eigenvalue weighted by Crippen LogP contribution is -2.33. The number of hydrogen-bond donors (Lipinski definition) is 1. The maximum Gasteiger partial charge on any atom is 0.0236 e. The topological polar surface area (TPSA) is 15.3 Å². The molecule has 1 aliphatic rings.